The second kappa shape index (κ2) is 8.86. The lowest BCUT2D eigenvalue weighted by Gasteiger charge is -2.26. The maximum absolute atomic E-state index is 12.6. The SMILES string of the molecule is CC(C)c1cc(C(=O)N[C@@H]2C[C@@H](CNC(=O)C3CCCCC3)N(C3CC3)C2)no1. The number of aromatic nitrogens is 1. The van der Waals surface area contributed by atoms with E-state index in [9.17, 15) is 9.59 Å². The first-order valence-electron chi connectivity index (χ1n) is 11.3. The van der Waals surface area contributed by atoms with Crippen molar-refractivity contribution in [2.24, 2.45) is 5.92 Å². The van der Waals surface area contributed by atoms with Gasteiger partial charge >= 0.3 is 0 Å². The Bertz CT molecular complexity index is 721. The molecule has 1 aliphatic heterocycles. The number of carbonyl (C=O) groups is 2. The molecule has 0 bridgehead atoms. The molecule has 2 N–H and O–H groups in total. The maximum atomic E-state index is 12.6. The fourth-order valence-electron chi connectivity index (χ4n) is 4.76. The van der Waals surface area contributed by atoms with Gasteiger partial charge in [0.15, 0.2) is 5.69 Å². The summed E-state index contributed by atoms with van der Waals surface area (Å²) in [6.07, 6.45) is 8.95. The fraction of sp³-hybridized carbons (Fsp3) is 0.773. The molecule has 1 aromatic rings. The largest absolute Gasteiger partial charge is 0.360 e. The summed E-state index contributed by atoms with van der Waals surface area (Å²) in [6.45, 7) is 5.55. The summed E-state index contributed by atoms with van der Waals surface area (Å²) >= 11 is 0. The molecule has 2 aliphatic carbocycles. The molecular formula is C22H34N4O3. The van der Waals surface area contributed by atoms with E-state index in [1.54, 1.807) is 6.07 Å². The summed E-state index contributed by atoms with van der Waals surface area (Å²) < 4.78 is 5.26. The van der Waals surface area contributed by atoms with Crippen molar-refractivity contribution in [3.63, 3.8) is 0 Å². The molecular weight excluding hydrogens is 368 g/mol. The van der Waals surface area contributed by atoms with Crippen molar-refractivity contribution in [2.75, 3.05) is 13.1 Å². The second-order valence-corrected chi connectivity index (χ2v) is 9.34. The van der Waals surface area contributed by atoms with Crippen LogP contribution in [-0.4, -0.2) is 53.1 Å². The highest BCUT2D eigenvalue weighted by atomic mass is 16.5. The van der Waals surface area contributed by atoms with Crippen molar-refractivity contribution in [3.05, 3.63) is 17.5 Å². The summed E-state index contributed by atoms with van der Waals surface area (Å²) in [5.74, 6) is 1.17. The fourth-order valence-corrected chi connectivity index (χ4v) is 4.76. The molecule has 4 rings (SSSR count). The van der Waals surface area contributed by atoms with Gasteiger partial charge in [0.1, 0.15) is 5.76 Å². The number of hydrogen-bond acceptors (Lipinski definition) is 5. The summed E-state index contributed by atoms with van der Waals surface area (Å²) in [6, 6.07) is 2.71. The Hall–Kier alpha value is -1.89. The molecule has 3 fully saturated rings. The standard InChI is InChI=1S/C22H34N4O3/c1-14(2)20-11-19(25-29-20)22(28)24-16-10-18(26(13-16)17-8-9-17)12-23-21(27)15-6-4-3-5-7-15/h11,14-18H,3-10,12-13H2,1-2H3,(H,23,27)(H,24,28)/t16-,18+/m1/s1. The van der Waals surface area contributed by atoms with E-state index in [1.807, 2.05) is 13.8 Å². The van der Waals surface area contributed by atoms with Gasteiger partial charge in [-0.2, -0.15) is 0 Å². The van der Waals surface area contributed by atoms with Crippen LogP contribution in [0.4, 0.5) is 0 Å². The van der Waals surface area contributed by atoms with E-state index in [4.69, 9.17) is 4.52 Å². The molecule has 7 heteroatoms. The molecule has 0 aromatic carbocycles. The van der Waals surface area contributed by atoms with Crippen LogP contribution < -0.4 is 10.6 Å². The summed E-state index contributed by atoms with van der Waals surface area (Å²) in [7, 11) is 0. The van der Waals surface area contributed by atoms with Crippen LogP contribution in [0, 0.1) is 5.92 Å². The van der Waals surface area contributed by atoms with Crippen LogP contribution in [0.3, 0.4) is 0 Å². The van der Waals surface area contributed by atoms with Gasteiger partial charge in [0.25, 0.3) is 5.91 Å². The third kappa shape index (κ3) is 5.00. The number of hydrogen-bond donors (Lipinski definition) is 2. The van der Waals surface area contributed by atoms with Gasteiger partial charge in [-0.15, -0.1) is 0 Å². The van der Waals surface area contributed by atoms with E-state index in [0.29, 0.717) is 24.3 Å². The van der Waals surface area contributed by atoms with Gasteiger partial charge in [0.05, 0.1) is 0 Å². The lowest BCUT2D eigenvalue weighted by Crippen LogP contribution is -2.43. The molecule has 2 saturated carbocycles. The number of amides is 2. The minimum atomic E-state index is -0.173. The number of nitrogens with zero attached hydrogens (tertiary/aromatic N) is 2. The average molecular weight is 403 g/mol. The van der Waals surface area contributed by atoms with Crippen molar-refractivity contribution in [3.8, 4) is 0 Å². The predicted molar refractivity (Wildman–Crippen MR) is 110 cm³/mol. The maximum Gasteiger partial charge on any atom is 0.273 e. The average Bonchev–Trinajstić information content (AvgIpc) is 3.29. The van der Waals surface area contributed by atoms with Crippen LogP contribution in [0.1, 0.15) is 87.4 Å². The Morgan fingerprint density at radius 1 is 1.21 bits per heavy atom. The molecule has 2 heterocycles. The van der Waals surface area contributed by atoms with Crippen LogP contribution >= 0.6 is 0 Å². The van der Waals surface area contributed by atoms with Crippen LogP contribution in [-0.2, 0) is 4.79 Å². The quantitative estimate of drug-likeness (QED) is 0.732. The molecule has 2 amide bonds. The van der Waals surface area contributed by atoms with Crippen molar-refractivity contribution >= 4 is 11.8 Å². The highest BCUT2D eigenvalue weighted by molar-refractivity contribution is 5.92. The summed E-state index contributed by atoms with van der Waals surface area (Å²) in [5, 5.41) is 10.3. The molecule has 1 saturated heterocycles. The zero-order valence-corrected chi connectivity index (χ0v) is 17.7. The van der Waals surface area contributed by atoms with Crippen LogP contribution in [0.2, 0.25) is 0 Å². The molecule has 29 heavy (non-hydrogen) atoms. The topological polar surface area (TPSA) is 87.5 Å². The number of nitrogens with one attached hydrogen (secondary N) is 2. The van der Waals surface area contributed by atoms with Gasteiger partial charge in [-0.1, -0.05) is 38.3 Å². The predicted octanol–water partition coefficient (Wildman–Crippen LogP) is 2.83. The summed E-state index contributed by atoms with van der Waals surface area (Å²) in [5.41, 5.74) is 0.348. The smallest absolute Gasteiger partial charge is 0.273 e. The van der Waals surface area contributed by atoms with Gasteiger partial charge in [-0.25, -0.2) is 0 Å². The van der Waals surface area contributed by atoms with Gasteiger partial charge in [0, 0.05) is 49.1 Å². The highest BCUT2D eigenvalue weighted by Gasteiger charge is 2.41. The molecule has 0 radical (unpaired) electrons. The van der Waals surface area contributed by atoms with Gasteiger partial charge in [-0.05, 0) is 32.1 Å². The Morgan fingerprint density at radius 3 is 2.62 bits per heavy atom. The first-order chi connectivity index (χ1) is 14.0. The number of rotatable bonds is 7. The van der Waals surface area contributed by atoms with Crippen LogP contribution in [0.15, 0.2) is 10.6 Å². The number of carbonyl (C=O) groups excluding carboxylic acids is 2. The van der Waals surface area contributed by atoms with Gasteiger partial charge in [0.2, 0.25) is 5.91 Å². The molecule has 160 valence electrons. The van der Waals surface area contributed by atoms with Crippen LogP contribution in [0.5, 0.6) is 0 Å². The highest BCUT2D eigenvalue weighted by Crippen LogP contribution is 2.33. The Morgan fingerprint density at radius 2 is 1.97 bits per heavy atom. The molecule has 1 aromatic heterocycles. The zero-order valence-electron chi connectivity index (χ0n) is 17.7. The van der Waals surface area contributed by atoms with Crippen molar-refractivity contribution in [1.29, 1.82) is 0 Å². The minimum Gasteiger partial charge on any atom is -0.360 e. The Balaban J connectivity index is 1.30. The number of likely N-dealkylation sites (tertiary alicyclic amines) is 1. The monoisotopic (exact) mass is 402 g/mol. The third-order valence-corrected chi connectivity index (χ3v) is 6.63. The first-order valence-corrected chi connectivity index (χ1v) is 11.3. The third-order valence-electron chi connectivity index (χ3n) is 6.63. The normalized spacial score (nSPS) is 26.0. The molecule has 2 atom stereocenters. The first kappa shape index (κ1) is 20.4. The lowest BCUT2D eigenvalue weighted by atomic mass is 9.88. The zero-order chi connectivity index (χ0) is 20.4. The van der Waals surface area contributed by atoms with E-state index in [2.05, 4.69) is 20.7 Å². The van der Waals surface area contributed by atoms with E-state index >= 15 is 0 Å². The minimum absolute atomic E-state index is 0.0823. The Labute approximate surface area is 172 Å². The van der Waals surface area contributed by atoms with Crippen LogP contribution in [0.25, 0.3) is 0 Å². The van der Waals surface area contributed by atoms with E-state index in [1.165, 1.54) is 32.1 Å². The van der Waals surface area contributed by atoms with E-state index < -0.39 is 0 Å². The Kier molecular flexibility index (Phi) is 6.23. The molecule has 0 unspecified atom stereocenters. The molecule has 0 spiro atoms. The van der Waals surface area contributed by atoms with Crippen molar-refractivity contribution in [1.82, 2.24) is 20.7 Å². The van der Waals surface area contributed by atoms with Crippen molar-refractivity contribution < 1.29 is 14.1 Å². The van der Waals surface area contributed by atoms with Crippen molar-refractivity contribution in [2.45, 2.75) is 89.3 Å². The molecule has 3 aliphatic rings. The summed E-state index contributed by atoms with van der Waals surface area (Å²) in [4.78, 5) is 27.6. The van der Waals surface area contributed by atoms with E-state index in [0.717, 1.165) is 31.6 Å². The van der Waals surface area contributed by atoms with Gasteiger partial charge < -0.3 is 15.2 Å². The van der Waals surface area contributed by atoms with E-state index in [-0.39, 0.29) is 29.7 Å². The second-order valence-electron chi connectivity index (χ2n) is 9.34. The lowest BCUT2D eigenvalue weighted by molar-refractivity contribution is -0.126. The molecule has 7 nitrogen and oxygen atoms in total. The van der Waals surface area contributed by atoms with Gasteiger partial charge in [-0.3, -0.25) is 14.5 Å².